The SMILES string of the molecule is CNCCc1nc(-c2cc(Br)ccc2F)cn1C. The van der Waals surface area contributed by atoms with E-state index in [0.29, 0.717) is 11.3 Å². The van der Waals surface area contributed by atoms with Crippen LogP contribution in [0.15, 0.2) is 28.9 Å². The molecule has 1 heterocycles. The molecule has 1 aromatic heterocycles. The molecule has 0 saturated heterocycles. The molecule has 0 aliphatic rings. The van der Waals surface area contributed by atoms with E-state index in [0.717, 1.165) is 23.3 Å². The Bertz CT molecular complexity index is 551. The second-order valence-electron chi connectivity index (χ2n) is 4.13. The summed E-state index contributed by atoms with van der Waals surface area (Å²) in [4.78, 5) is 4.48. The molecular formula is C13H15BrFN3. The molecule has 3 nitrogen and oxygen atoms in total. The van der Waals surface area contributed by atoms with Crippen LogP contribution in [0, 0.1) is 5.82 Å². The molecule has 2 rings (SSSR count). The average Bonchev–Trinajstić information content (AvgIpc) is 2.71. The number of nitrogens with zero attached hydrogens (tertiary/aromatic N) is 2. The van der Waals surface area contributed by atoms with E-state index < -0.39 is 0 Å². The molecule has 0 radical (unpaired) electrons. The predicted molar refractivity (Wildman–Crippen MR) is 73.9 cm³/mol. The van der Waals surface area contributed by atoms with E-state index in [1.165, 1.54) is 6.07 Å². The van der Waals surface area contributed by atoms with E-state index in [4.69, 9.17) is 0 Å². The van der Waals surface area contributed by atoms with E-state index in [2.05, 4.69) is 26.2 Å². The number of likely N-dealkylation sites (N-methyl/N-ethyl adjacent to an activating group) is 1. The maximum Gasteiger partial charge on any atom is 0.132 e. The van der Waals surface area contributed by atoms with Crippen LogP contribution in [0.5, 0.6) is 0 Å². The van der Waals surface area contributed by atoms with Gasteiger partial charge in [-0.25, -0.2) is 9.37 Å². The molecule has 0 unspecified atom stereocenters. The summed E-state index contributed by atoms with van der Waals surface area (Å²) in [6.45, 7) is 0.852. The molecule has 0 atom stereocenters. The molecule has 2 aromatic rings. The summed E-state index contributed by atoms with van der Waals surface area (Å²) in [5.41, 5.74) is 1.19. The lowest BCUT2D eigenvalue weighted by molar-refractivity contribution is 0.630. The minimum Gasteiger partial charge on any atom is -0.337 e. The van der Waals surface area contributed by atoms with Crippen molar-refractivity contribution in [2.24, 2.45) is 7.05 Å². The van der Waals surface area contributed by atoms with Crippen molar-refractivity contribution in [3.05, 3.63) is 40.5 Å². The number of imidazole rings is 1. The van der Waals surface area contributed by atoms with Crippen LogP contribution in [-0.4, -0.2) is 23.1 Å². The Hall–Kier alpha value is -1.20. The summed E-state index contributed by atoms with van der Waals surface area (Å²) in [5, 5.41) is 3.08. The van der Waals surface area contributed by atoms with Gasteiger partial charge in [0.05, 0.1) is 5.69 Å². The second-order valence-corrected chi connectivity index (χ2v) is 5.05. The van der Waals surface area contributed by atoms with Crippen molar-refractivity contribution in [1.29, 1.82) is 0 Å². The van der Waals surface area contributed by atoms with E-state index in [1.807, 2.05) is 24.9 Å². The van der Waals surface area contributed by atoms with Crippen LogP contribution in [0.3, 0.4) is 0 Å². The van der Waals surface area contributed by atoms with Crippen molar-refractivity contribution >= 4 is 15.9 Å². The number of aryl methyl sites for hydroxylation is 1. The predicted octanol–water partition coefficient (Wildman–Crippen LogP) is 2.75. The number of aromatic nitrogens is 2. The van der Waals surface area contributed by atoms with Crippen molar-refractivity contribution < 1.29 is 4.39 Å². The van der Waals surface area contributed by atoms with Crippen molar-refractivity contribution in [3.63, 3.8) is 0 Å². The average molecular weight is 312 g/mol. The topological polar surface area (TPSA) is 29.9 Å². The molecule has 5 heteroatoms. The van der Waals surface area contributed by atoms with Gasteiger partial charge in [0.1, 0.15) is 11.6 Å². The van der Waals surface area contributed by atoms with Gasteiger partial charge in [0, 0.05) is 36.2 Å². The zero-order chi connectivity index (χ0) is 13.1. The number of benzene rings is 1. The number of rotatable bonds is 4. The summed E-state index contributed by atoms with van der Waals surface area (Å²) in [5.74, 6) is 0.690. The minimum atomic E-state index is -0.253. The van der Waals surface area contributed by atoms with Crippen molar-refractivity contribution in [1.82, 2.24) is 14.9 Å². The lowest BCUT2D eigenvalue weighted by atomic mass is 10.1. The van der Waals surface area contributed by atoms with Crippen molar-refractivity contribution in [2.45, 2.75) is 6.42 Å². The third-order valence-corrected chi connectivity index (χ3v) is 3.27. The zero-order valence-electron chi connectivity index (χ0n) is 10.4. The summed E-state index contributed by atoms with van der Waals surface area (Å²) in [6, 6.07) is 4.88. The third kappa shape index (κ3) is 2.79. The monoisotopic (exact) mass is 311 g/mol. The Labute approximate surface area is 114 Å². The van der Waals surface area contributed by atoms with Gasteiger partial charge in [0.15, 0.2) is 0 Å². The highest BCUT2D eigenvalue weighted by Gasteiger charge is 2.11. The van der Waals surface area contributed by atoms with Crippen LogP contribution < -0.4 is 5.32 Å². The van der Waals surface area contributed by atoms with E-state index in [1.54, 1.807) is 12.1 Å². The highest BCUT2D eigenvalue weighted by atomic mass is 79.9. The maximum absolute atomic E-state index is 13.8. The van der Waals surface area contributed by atoms with Gasteiger partial charge in [-0.1, -0.05) is 15.9 Å². The molecular weight excluding hydrogens is 297 g/mol. The van der Waals surface area contributed by atoms with Gasteiger partial charge in [-0.2, -0.15) is 0 Å². The van der Waals surface area contributed by atoms with Gasteiger partial charge in [0.25, 0.3) is 0 Å². The second kappa shape index (κ2) is 5.63. The molecule has 1 N–H and O–H groups in total. The van der Waals surface area contributed by atoms with Gasteiger partial charge < -0.3 is 9.88 Å². The smallest absolute Gasteiger partial charge is 0.132 e. The van der Waals surface area contributed by atoms with Gasteiger partial charge in [0.2, 0.25) is 0 Å². The third-order valence-electron chi connectivity index (χ3n) is 2.78. The van der Waals surface area contributed by atoms with Crippen LogP contribution in [0.1, 0.15) is 5.82 Å². The zero-order valence-corrected chi connectivity index (χ0v) is 12.0. The molecule has 0 bridgehead atoms. The van der Waals surface area contributed by atoms with Crippen LogP contribution in [-0.2, 0) is 13.5 Å². The van der Waals surface area contributed by atoms with Gasteiger partial charge in [-0.05, 0) is 25.2 Å². The van der Waals surface area contributed by atoms with Gasteiger partial charge >= 0.3 is 0 Å². The molecule has 0 amide bonds. The normalized spacial score (nSPS) is 10.9. The standard InChI is InChI=1S/C13H15BrFN3/c1-16-6-5-13-17-12(8-18(13)2)10-7-9(14)3-4-11(10)15/h3-4,7-8,16H,5-6H2,1-2H3. The largest absolute Gasteiger partial charge is 0.337 e. The fourth-order valence-corrected chi connectivity index (χ4v) is 2.16. The number of hydrogen-bond donors (Lipinski definition) is 1. The van der Waals surface area contributed by atoms with E-state index in [-0.39, 0.29) is 5.82 Å². The Morgan fingerprint density at radius 1 is 1.44 bits per heavy atom. The quantitative estimate of drug-likeness (QED) is 0.941. The van der Waals surface area contributed by atoms with Crippen LogP contribution >= 0.6 is 15.9 Å². The molecule has 0 spiro atoms. The van der Waals surface area contributed by atoms with Crippen molar-refractivity contribution in [2.75, 3.05) is 13.6 Å². The summed E-state index contributed by atoms with van der Waals surface area (Å²) < 4.78 is 16.6. The number of nitrogens with one attached hydrogen (secondary N) is 1. The van der Waals surface area contributed by atoms with E-state index in [9.17, 15) is 4.39 Å². The van der Waals surface area contributed by atoms with Gasteiger partial charge in [-0.15, -0.1) is 0 Å². The van der Waals surface area contributed by atoms with Crippen LogP contribution in [0.4, 0.5) is 4.39 Å². The highest BCUT2D eigenvalue weighted by molar-refractivity contribution is 9.10. The first-order valence-corrected chi connectivity index (χ1v) is 6.53. The lowest BCUT2D eigenvalue weighted by Crippen LogP contribution is -2.12. The highest BCUT2D eigenvalue weighted by Crippen LogP contribution is 2.25. The molecule has 18 heavy (non-hydrogen) atoms. The van der Waals surface area contributed by atoms with Crippen LogP contribution in [0.2, 0.25) is 0 Å². The Kier molecular flexibility index (Phi) is 4.14. The number of halogens is 2. The first kappa shape index (κ1) is 13.2. The lowest BCUT2D eigenvalue weighted by Gasteiger charge is -2.00. The molecule has 0 aliphatic heterocycles. The first-order valence-electron chi connectivity index (χ1n) is 5.74. The maximum atomic E-state index is 13.8. The Balaban J connectivity index is 2.36. The Morgan fingerprint density at radius 2 is 2.22 bits per heavy atom. The summed E-state index contributed by atoms with van der Waals surface area (Å²) >= 11 is 3.35. The fourth-order valence-electron chi connectivity index (χ4n) is 1.80. The summed E-state index contributed by atoms with van der Waals surface area (Å²) in [6.07, 6.45) is 2.68. The Morgan fingerprint density at radius 3 is 2.94 bits per heavy atom. The molecule has 0 saturated carbocycles. The molecule has 96 valence electrons. The van der Waals surface area contributed by atoms with Crippen LogP contribution in [0.25, 0.3) is 11.3 Å². The number of hydrogen-bond acceptors (Lipinski definition) is 2. The first-order chi connectivity index (χ1) is 8.61. The molecule has 0 aliphatic carbocycles. The summed E-state index contributed by atoms with van der Waals surface area (Å²) in [7, 11) is 3.83. The van der Waals surface area contributed by atoms with Gasteiger partial charge in [-0.3, -0.25) is 0 Å². The van der Waals surface area contributed by atoms with E-state index >= 15 is 0 Å². The fraction of sp³-hybridized carbons (Fsp3) is 0.308. The minimum absolute atomic E-state index is 0.253. The van der Waals surface area contributed by atoms with Crippen molar-refractivity contribution in [3.8, 4) is 11.3 Å². The molecule has 0 fully saturated rings. The molecule has 1 aromatic carbocycles.